The minimum absolute atomic E-state index is 0.210. The molecule has 0 amide bonds. The van der Waals surface area contributed by atoms with Gasteiger partial charge >= 0.3 is 7.60 Å². The van der Waals surface area contributed by atoms with Crippen LogP contribution >= 0.6 is 7.60 Å². The van der Waals surface area contributed by atoms with E-state index in [0.717, 1.165) is 5.56 Å². The predicted octanol–water partition coefficient (Wildman–Crippen LogP) is 5.51. The lowest BCUT2D eigenvalue weighted by molar-refractivity contribution is 0.145. The molecule has 0 radical (unpaired) electrons. The van der Waals surface area contributed by atoms with Crippen molar-refractivity contribution >= 4 is 19.4 Å². The van der Waals surface area contributed by atoms with Crippen LogP contribution in [0, 0.1) is 0 Å². The van der Waals surface area contributed by atoms with Gasteiger partial charge in [-0.05, 0) is 26.0 Å². The Hall–Kier alpha value is -2.47. The van der Waals surface area contributed by atoms with E-state index in [0.29, 0.717) is 34.1 Å². The first-order valence-electron chi connectivity index (χ1n) is 9.68. The molecule has 2 aromatic carbocycles. The van der Waals surface area contributed by atoms with E-state index in [4.69, 9.17) is 28.0 Å². The Bertz CT molecular complexity index is 946. The standard InChI is InChI=1S/C22H27O7P/c1-6-27-30(23,28-7-2)22-17-14-19(24-3)21(26-5)20(25-4)16(17)13-18(29-22)15-11-9-8-10-12-15/h8-14,22H,6-7H2,1-5H3. The fourth-order valence-corrected chi connectivity index (χ4v) is 5.28. The highest BCUT2D eigenvalue weighted by Crippen LogP contribution is 2.66. The van der Waals surface area contributed by atoms with Gasteiger partial charge in [-0.1, -0.05) is 30.3 Å². The second-order valence-electron chi connectivity index (χ2n) is 6.37. The summed E-state index contributed by atoms with van der Waals surface area (Å²) < 4.78 is 47.9. The lowest BCUT2D eigenvalue weighted by Crippen LogP contribution is -2.16. The van der Waals surface area contributed by atoms with Gasteiger partial charge in [0.2, 0.25) is 11.6 Å². The second-order valence-corrected chi connectivity index (χ2v) is 8.43. The summed E-state index contributed by atoms with van der Waals surface area (Å²) in [7, 11) is 0.925. The summed E-state index contributed by atoms with van der Waals surface area (Å²) in [6.07, 6.45) is 1.84. The van der Waals surface area contributed by atoms with Crippen LogP contribution in [0.4, 0.5) is 0 Å². The van der Waals surface area contributed by atoms with Gasteiger partial charge in [-0.25, -0.2) is 0 Å². The summed E-state index contributed by atoms with van der Waals surface area (Å²) in [5.41, 5.74) is 2.07. The monoisotopic (exact) mass is 434 g/mol. The Morgan fingerprint density at radius 3 is 2.10 bits per heavy atom. The van der Waals surface area contributed by atoms with E-state index in [9.17, 15) is 4.57 Å². The molecular formula is C22H27O7P. The molecule has 1 atom stereocenters. The molecular weight excluding hydrogens is 407 g/mol. The van der Waals surface area contributed by atoms with Crippen molar-refractivity contribution in [2.45, 2.75) is 19.7 Å². The van der Waals surface area contributed by atoms with Crippen molar-refractivity contribution in [2.24, 2.45) is 0 Å². The Labute approximate surface area is 177 Å². The van der Waals surface area contributed by atoms with Gasteiger partial charge in [0.1, 0.15) is 5.76 Å². The highest BCUT2D eigenvalue weighted by atomic mass is 31.2. The molecule has 162 valence electrons. The topological polar surface area (TPSA) is 72.5 Å². The summed E-state index contributed by atoms with van der Waals surface area (Å²) in [6.45, 7) is 3.94. The Balaban J connectivity index is 2.30. The third-order valence-corrected chi connectivity index (χ3v) is 6.84. The molecule has 1 unspecified atom stereocenters. The molecule has 1 heterocycles. The number of fused-ring (bicyclic) bond motifs is 1. The second kappa shape index (κ2) is 9.56. The van der Waals surface area contributed by atoms with E-state index in [1.807, 2.05) is 36.4 Å². The quantitative estimate of drug-likeness (QED) is 0.482. The van der Waals surface area contributed by atoms with Gasteiger partial charge in [0.25, 0.3) is 0 Å². The van der Waals surface area contributed by atoms with Crippen molar-refractivity contribution < 1.29 is 32.6 Å². The number of methoxy groups -OCH3 is 3. The molecule has 2 aromatic rings. The van der Waals surface area contributed by atoms with E-state index in [2.05, 4.69) is 0 Å². The molecule has 0 aliphatic carbocycles. The highest BCUT2D eigenvalue weighted by Gasteiger charge is 2.44. The average Bonchev–Trinajstić information content (AvgIpc) is 2.77. The van der Waals surface area contributed by atoms with Gasteiger partial charge in [-0.15, -0.1) is 0 Å². The zero-order valence-corrected chi connectivity index (χ0v) is 18.7. The summed E-state index contributed by atoms with van der Waals surface area (Å²) in [5, 5.41) is 0. The molecule has 8 heteroatoms. The average molecular weight is 434 g/mol. The van der Waals surface area contributed by atoms with Crippen molar-refractivity contribution in [3.8, 4) is 17.2 Å². The van der Waals surface area contributed by atoms with Crippen LogP contribution < -0.4 is 14.2 Å². The summed E-state index contributed by atoms with van der Waals surface area (Å²) >= 11 is 0. The van der Waals surface area contributed by atoms with Crippen LogP contribution in [0.2, 0.25) is 0 Å². The normalized spacial score (nSPS) is 15.6. The maximum absolute atomic E-state index is 13.8. The fourth-order valence-electron chi connectivity index (χ4n) is 3.42. The number of hydrogen-bond acceptors (Lipinski definition) is 7. The Morgan fingerprint density at radius 2 is 1.57 bits per heavy atom. The number of hydrogen-bond donors (Lipinski definition) is 0. The van der Waals surface area contributed by atoms with Crippen LogP contribution in [0.15, 0.2) is 36.4 Å². The van der Waals surface area contributed by atoms with Crippen molar-refractivity contribution in [3.05, 3.63) is 53.1 Å². The highest BCUT2D eigenvalue weighted by molar-refractivity contribution is 7.54. The van der Waals surface area contributed by atoms with Gasteiger partial charge in [-0.3, -0.25) is 4.57 Å². The molecule has 0 aromatic heterocycles. The van der Waals surface area contributed by atoms with Crippen LogP contribution in [0.3, 0.4) is 0 Å². The lowest BCUT2D eigenvalue weighted by atomic mass is 10.00. The van der Waals surface area contributed by atoms with Crippen molar-refractivity contribution in [1.29, 1.82) is 0 Å². The van der Waals surface area contributed by atoms with Gasteiger partial charge in [0.15, 0.2) is 11.5 Å². The molecule has 0 fully saturated rings. The lowest BCUT2D eigenvalue weighted by Gasteiger charge is -2.33. The fraction of sp³-hybridized carbons (Fsp3) is 0.364. The van der Waals surface area contributed by atoms with Crippen LogP contribution in [0.1, 0.15) is 36.4 Å². The molecule has 0 bridgehead atoms. The van der Waals surface area contributed by atoms with Crippen LogP contribution in [-0.2, 0) is 18.3 Å². The van der Waals surface area contributed by atoms with E-state index in [1.165, 1.54) is 14.2 Å². The smallest absolute Gasteiger partial charge is 0.375 e. The molecule has 30 heavy (non-hydrogen) atoms. The van der Waals surface area contributed by atoms with Crippen LogP contribution in [-0.4, -0.2) is 34.5 Å². The van der Waals surface area contributed by atoms with Gasteiger partial charge in [-0.2, -0.15) is 0 Å². The minimum Gasteiger partial charge on any atom is -0.493 e. The van der Waals surface area contributed by atoms with Gasteiger partial charge < -0.3 is 28.0 Å². The van der Waals surface area contributed by atoms with E-state index < -0.39 is 13.4 Å². The molecule has 0 N–H and O–H groups in total. The van der Waals surface area contributed by atoms with Crippen molar-refractivity contribution in [2.75, 3.05) is 34.5 Å². The number of ether oxygens (including phenoxy) is 4. The van der Waals surface area contributed by atoms with E-state index in [1.54, 1.807) is 27.0 Å². The van der Waals surface area contributed by atoms with Gasteiger partial charge in [0, 0.05) is 16.7 Å². The predicted molar refractivity (Wildman–Crippen MR) is 115 cm³/mol. The van der Waals surface area contributed by atoms with Crippen molar-refractivity contribution in [3.63, 3.8) is 0 Å². The third-order valence-electron chi connectivity index (χ3n) is 4.64. The summed E-state index contributed by atoms with van der Waals surface area (Å²) in [6, 6.07) is 11.3. The maximum Gasteiger partial charge on any atom is 0.375 e. The van der Waals surface area contributed by atoms with E-state index >= 15 is 0 Å². The number of benzene rings is 2. The molecule has 0 saturated carbocycles. The molecule has 1 aliphatic heterocycles. The minimum atomic E-state index is -3.68. The zero-order chi connectivity index (χ0) is 21.7. The van der Waals surface area contributed by atoms with Crippen LogP contribution in [0.5, 0.6) is 17.2 Å². The summed E-state index contributed by atoms with van der Waals surface area (Å²) in [4.78, 5) is 0. The third kappa shape index (κ3) is 4.06. The molecule has 0 spiro atoms. The maximum atomic E-state index is 13.8. The van der Waals surface area contributed by atoms with E-state index in [-0.39, 0.29) is 13.2 Å². The first-order chi connectivity index (χ1) is 14.5. The van der Waals surface area contributed by atoms with Crippen molar-refractivity contribution in [1.82, 2.24) is 0 Å². The number of rotatable bonds is 9. The molecule has 3 rings (SSSR count). The first-order valence-corrected chi connectivity index (χ1v) is 11.3. The molecule has 1 aliphatic rings. The summed E-state index contributed by atoms with van der Waals surface area (Å²) in [5.74, 6) is 0.844. The van der Waals surface area contributed by atoms with Gasteiger partial charge in [0.05, 0.1) is 34.5 Å². The molecule has 7 nitrogen and oxygen atoms in total. The zero-order valence-electron chi connectivity index (χ0n) is 17.8. The van der Waals surface area contributed by atoms with Crippen LogP contribution in [0.25, 0.3) is 11.8 Å². The largest absolute Gasteiger partial charge is 0.493 e. The Kier molecular flexibility index (Phi) is 7.08. The molecule has 0 saturated heterocycles. The Morgan fingerprint density at radius 1 is 0.933 bits per heavy atom. The first kappa shape index (κ1) is 22.2. The SMILES string of the molecule is CCOP(=O)(OCC)C1OC(c2ccccc2)=Cc2c1cc(OC)c(OC)c2OC.